The number of benzene rings is 2. The fourth-order valence-electron chi connectivity index (χ4n) is 2.40. The van der Waals surface area contributed by atoms with Crippen molar-refractivity contribution in [2.45, 2.75) is 18.7 Å². The summed E-state index contributed by atoms with van der Waals surface area (Å²) < 4.78 is 36.6. The minimum atomic E-state index is -3.66. The lowest BCUT2D eigenvalue weighted by Crippen LogP contribution is -2.22. The van der Waals surface area contributed by atoms with E-state index in [-0.39, 0.29) is 16.1 Å². The van der Waals surface area contributed by atoms with E-state index in [2.05, 4.69) is 10.0 Å². The number of carbonyl (C=O) groups is 2. The van der Waals surface area contributed by atoms with Crippen molar-refractivity contribution in [3.8, 4) is 5.75 Å². The van der Waals surface area contributed by atoms with Crippen LogP contribution in [-0.2, 0) is 19.6 Å². The highest BCUT2D eigenvalue weighted by Gasteiger charge is 2.17. The van der Waals surface area contributed by atoms with Gasteiger partial charge in [-0.2, -0.15) is 0 Å². The van der Waals surface area contributed by atoms with Gasteiger partial charge in [-0.1, -0.05) is 18.2 Å². The standard InChI is InChI=1S/C19H22N2O6S/c1-4-26-16-8-6-5-7-15(16)19(23)27-12-18(22)21-14-10-9-13(2)17(11-14)28(24,25)20-3/h5-11,20H,4,12H2,1-3H3,(H,21,22). The van der Waals surface area contributed by atoms with E-state index in [4.69, 9.17) is 9.47 Å². The van der Waals surface area contributed by atoms with Crippen LogP contribution in [0.5, 0.6) is 5.75 Å². The number of anilines is 1. The molecule has 2 aromatic rings. The van der Waals surface area contributed by atoms with Crippen molar-refractivity contribution in [1.82, 2.24) is 4.72 Å². The molecule has 0 radical (unpaired) electrons. The average molecular weight is 406 g/mol. The van der Waals surface area contributed by atoms with E-state index in [1.165, 1.54) is 13.1 Å². The van der Waals surface area contributed by atoms with Gasteiger partial charge < -0.3 is 14.8 Å². The summed E-state index contributed by atoms with van der Waals surface area (Å²) in [5, 5.41) is 2.51. The van der Waals surface area contributed by atoms with Crippen LogP contribution in [0.4, 0.5) is 5.69 Å². The van der Waals surface area contributed by atoms with E-state index >= 15 is 0 Å². The van der Waals surface area contributed by atoms with Gasteiger partial charge >= 0.3 is 5.97 Å². The number of rotatable bonds is 8. The molecule has 150 valence electrons. The maximum absolute atomic E-state index is 12.2. The summed E-state index contributed by atoms with van der Waals surface area (Å²) in [4.78, 5) is 24.3. The highest BCUT2D eigenvalue weighted by Crippen LogP contribution is 2.21. The summed E-state index contributed by atoms with van der Waals surface area (Å²) in [6.07, 6.45) is 0. The summed E-state index contributed by atoms with van der Waals surface area (Å²) in [6, 6.07) is 11.0. The van der Waals surface area contributed by atoms with Crippen LogP contribution in [0, 0.1) is 6.92 Å². The number of nitrogens with one attached hydrogen (secondary N) is 2. The third-order valence-corrected chi connectivity index (χ3v) is 5.33. The summed E-state index contributed by atoms with van der Waals surface area (Å²) in [5.74, 6) is -0.920. The second-order valence-electron chi connectivity index (χ2n) is 5.74. The van der Waals surface area contributed by atoms with Crippen molar-refractivity contribution in [3.05, 3.63) is 53.6 Å². The Balaban J connectivity index is 2.04. The molecule has 0 aromatic heterocycles. The molecular weight excluding hydrogens is 384 g/mol. The molecule has 0 fully saturated rings. The van der Waals surface area contributed by atoms with Crippen LogP contribution < -0.4 is 14.8 Å². The minimum absolute atomic E-state index is 0.0513. The molecule has 0 unspecified atom stereocenters. The highest BCUT2D eigenvalue weighted by atomic mass is 32.2. The first kappa shape index (κ1) is 21.4. The Hall–Kier alpha value is -2.91. The Morgan fingerprint density at radius 3 is 2.50 bits per heavy atom. The Morgan fingerprint density at radius 1 is 1.11 bits per heavy atom. The lowest BCUT2D eigenvalue weighted by molar-refractivity contribution is -0.119. The number of ether oxygens (including phenoxy) is 2. The molecule has 2 aromatic carbocycles. The second kappa shape index (κ2) is 9.34. The molecule has 0 aliphatic rings. The number of hydrogen-bond acceptors (Lipinski definition) is 6. The van der Waals surface area contributed by atoms with Gasteiger partial charge in [0.1, 0.15) is 11.3 Å². The fourth-order valence-corrected chi connectivity index (χ4v) is 3.39. The van der Waals surface area contributed by atoms with E-state index < -0.39 is 28.5 Å². The largest absolute Gasteiger partial charge is 0.493 e. The smallest absolute Gasteiger partial charge is 0.342 e. The van der Waals surface area contributed by atoms with Crippen LogP contribution >= 0.6 is 0 Å². The van der Waals surface area contributed by atoms with Gasteiger partial charge in [-0.3, -0.25) is 4.79 Å². The molecule has 0 aliphatic heterocycles. The van der Waals surface area contributed by atoms with Crippen molar-refractivity contribution in [3.63, 3.8) is 0 Å². The van der Waals surface area contributed by atoms with Crippen molar-refractivity contribution in [2.24, 2.45) is 0 Å². The van der Waals surface area contributed by atoms with Crippen molar-refractivity contribution in [2.75, 3.05) is 25.6 Å². The summed E-state index contributed by atoms with van der Waals surface area (Å²) in [5.41, 5.74) is 1.02. The van der Waals surface area contributed by atoms with E-state index in [9.17, 15) is 18.0 Å². The van der Waals surface area contributed by atoms with Crippen LogP contribution in [0.15, 0.2) is 47.4 Å². The molecule has 0 saturated heterocycles. The molecule has 28 heavy (non-hydrogen) atoms. The number of aryl methyl sites for hydroxylation is 1. The van der Waals surface area contributed by atoms with Crippen LogP contribution in [0.25, 0.3) is 0 Å². The lowest BCUT2D eigenvalue weighted by atomic mass is 10.2. The van der Waals surface area contributed by atoms with Crippen molar-refractivity contribution >= 4 is 27.6 Å². The number of carbonyl (C=O) groups excluding carboxylic acids is 2. The molecule has 0 heterocycles. The first-order chi connectivity index (χ1) is 13.3. The Morgan fingerprint density at radius 2 is 1.82 bits per heavy atom. The van der Waals surface area contributed by atoms with Crippen molar-refractivity contribution < 1.29 is 27.5 Å². The van der Waals surface area contributed by atoms with E-state index in [1.807, 2.05) is 0 Å². The Bertz CT molecular complexity index is 972. The molecular formula is C19H22N2O6S. The first-order valence-electron chi connectivity index (χ1n) is 8.51. The van der Waals surface area contributed by atoms with E-state index in [0.29, 0.717) is 17.9 Å². The predicted molar refractivity (Wildman–Crippen MR) is 104 cm³/mol. The lowest BCUT2D eigenvalue weighted by Gasteiger charge is -2.11. The molecule has 0 aliphatic carbocycles. The SMILES string of the molecule is CCOc1ccccc1C(=O)OCC(=O)Nc1ccc(C)c(S(=O)(=O)NC)c1. The van der Waals surface area contributed by atoms with Crippen LogP contribution in [0.2, 0.25) is 0 Å². The molecule has 0 spiro atoms. The van der Waals surface area contributed by atoms with Crippen LogP contribution in [0.1, 0.15) is 22.8 Å². The maximum Gasteiger partial charge on any atom is 0.342 e. The topological polar surface area (TPSA) is 111 Å². The van der Waals surface area contributed by atoms with Crippen LogP contribution in [-0.4, -0.2) is 40.6 Å². The predicted octanol–water partition coefficient (Wildman–Crippen LogP) is 2.10. The van der Waals surface area contributed by atoms with Crippen molar-refractivity contribution in [1.29, 1.82) is 0 Å². The molecule has 2 rings (SSSR count). The number of amides is 1. The molecule has 8 nitrogen and oxygen atoms in total. The molecule has 2 N–H and O–H groups in total. The van der Waals surface area contributed by atoms with Gasteiger partial charge in [0, 0.05) is 5.69 Å². The number of hydrogen-bond donors (Lipinski definition) is 2. The number of sulfonamides is 1. The van der Waals surface area contributed by atoms with Gasteiger partial charge in [0.15, 0.2) is 6.61 Å². The van der Waals surface area contributed by atoms with Crippen LogP contribution in [0.3, 0.4) is 0 Å². The summed E-state index contributed by atoms with van der Waals surface area (Å²) >= 11 is 0. The third kappa shape index (κ3) is 5.30. The van der Waals surface area contributed by atoms with Gasteiger partial charge in [-0.05, 0) is 50.7 Å². The van der Waals surface area contributed by atoms with Gasteiger partial charge in [-0.15, -0.1) is 0 Å². The number of para-hydroxylation sites is 1. The van der Waals surface area contributed by atoms with Gasteiger partial charge in [0.05, 0.1) is 11.5 Å². The van der Waals surface area contributed by atoms with Gasteiger partial charge in [0.25, 0.3) is 5.91 Å². The summed E-state index contributed by atoms with van der Waals surface area (Å²) in [6.45, 7) is 3.30. The molecule has 0 saturated carbocycles. The molecule has 1 amide bonds. The molecule has 0 atom stereocenters. The van der Waals surface area contributed by atoms with Gasteiger partial charge in [0.2, 0.25) is 10.0 Å². The van der Waals surface area contributed by atoms with E-state index in [1.54, 1.807) is 50.2 Å². The van der Waals surface area contributed by atoms with Gasteiger partial charge in [-0.25, -0.2) is 17.9 Å². The zero-order valence-corrected chi connectivity index (χ0v) is 16.6. The Kier molecular flexibility index (Phi) is 7.13. The zero-order valence-electron chi connectivity index (χ0n) is 15.8. The maximum atomic E-state index is 12.2. The minimum Gasteiger partial charge on any atom is -0.493 e. The summed E-state index contributed by atoms with van der Waals surface area (Å²) in [7, 11) is -2.35. The third-order valence-electron chi connectivity index (χ3n) is 3.77. The monoisotopic (exact) mass is 406 g/mol. The fraction of sp³-hybridized carbons (Fsp3) is 0.263. The Labute approximate surface area is 163 Å². The molecule has 0 bridgehead atoms. The highest BCUT2D eigenvalue weighted by molar-refractivity contribution is 7.89. The quantitative estimate of drug-likeness (QED) is 0.650. The van der Waals surface area contributed by atoms with E-state index in [0.717, 1.165) is 0 Å². The first-order valence-corrected chi connectivity index (χ1v) is 9.99. The normalized spacial score (nSPS) is 11.0. The molecule has 9 heteroatoms. The number of esters is 1. The zero-order chi connectivity index (χ0) is 20.7. The second-order valence-corrected chi connectivity index (χ2v) is 7.60. The average Bonchev–Trinajstić information content (AvgIpc) is 2.68.